The third kappa shape index (κ3) is 2.62. The van der Waals surface area contributed by atoms with Gasteiger partial charge in [0.2, 0.25) is 10.0 Å². The number of hydrogen-bond donors (Lipinski definition) is 1. The van der Waals surface area contributed by atoms with Gasteiger partial charge in [0, 0.05) is 13.1 Å². The Bertz CT molecular complexity index is 468. The Morgan fingerprint density at radius 2 is 2.19 bits per heavy atom. The topological polar surface area (TPSA) is 57.6 Å². The van der Waals surface area contributed by atoms with Gasteiger partial charge in [0.15, 0.2) is 0 Å². The Hall–Kier alpha value is -1.33. The largest absolute Gasteiger partial charge is 0.508 e. The number of phenols is 1. The lowest BCUT2D eigenvalue weighted by molar-refractivity contribution is 0.455. The summed E-state index contributed by atoms with van der Waals surface area (Å²) in [7, 11) is -3.53. The summed E-state index contributed by atoms with van der Waals surface area (Å²) >= 11 is 0. The molecule has 1 aromatic rings. The predicted molar refractivity (Wildman–Crippen MR) is 62.7 cm³/mol. The Morgan fingerprint density at radius 1 is 1.50 bits per heavy atom. The first kappa shape index (κ1) is 12.7. The van der Waals surface area contributed by atoms with Crippen LogP contribution in [-0.4, -0.2) is 30.9 Å². The van der Waals surface area contributed by atoms with Crippen LogP contribution in [0.15, 0.2) is 41.8 Å². The highest BCUT2D eigenvalue weighted by atomic mass is 32.2. The maximum atomic E-state index is 12.1. The van der Waals surface area contributed by atoms with Crippen LogP contribution in [0.3, 0.4) is 0 Å². The fraction of sp³-hybridized carbons (Fsp3) is 0.273. The highest BCUT2D eigenvalue weighted by Crippen LogP contribution is 2.19. The van der Waals surface area contributed by atoms with E-state index in [1.165, 1.54) is 34.6 Å². The fourth-order valence-corrected chi connectivity index (χ4v) is 2.79. The summed E-state index contributed by atoms with van der Waals surface area (Å²) in [6.07, 6.45) is 1.53. The molecule has 0 unspecified atom stereocenters. The average molecular weight is 241 g/mol. The third-order valence-electron chi connectivity index (χ3n) is 2.14. The minimum Gasteiger partial charge on any atom is -0.508 e. The molecule has 16 heavy (non-hydrogen) atoms. The van der Waals surface area contributed by atoms with E-state index in [0.717, 1.165) is 0 Å². The van der Waals surface area contributed by atoms with Crippen molar-refractivity contribution in [1.82, 2.24) is 4.31 Å². The van der Waals surface area contributed by atoms with E-state index < -0.39 is 10.0 Å². The van der Waals surface area contributed by atoms with Crippen LogP contribution < -0.4 is 0 Å². The van der Waals surface area contributed by atoms with Gasteiger partial charge < -0.3 is 5.11 Å². The van der Waals surface area contributed by atoms with Crippen molar-refractivity contribution < 1.29 is 13.5 Å². The molecule has 5 heteroatoms. The molecule has 1 rings (SSSR count). The number of phenolic OH excluding ortho intramolecular Hbond substituents is 1. The second kappa shape index (κ2) is 5.14. The summed E-state index contributed by atoms with van der Waals surface area (Å²) in [6.45, 7) is 5.90. The van der Waals surface area contributed by atoms with Crippen molar-refractivity contribution in [2.24, 2.45) is 0 Å². The second-order valence-corrected chi connectivity index (χ2v) is 5.18. The van der Waals surface area contributed by atoms with Crippen molar-refractivity contribution in [3.63, 3.8) is 0 Å². The van der Waals surface area contributed by atoms with Crippen molar-refractivity contribution in [2.75, 3.05) is 13.1 Å². The van der Waals surface area contributed by atoms with Gasteiger partial charge in [-0.15, -0.1) is 6.58 Å². The van der Waals surface area contributed by atoms with Crippen molar-refractivity contribution in [3.05, 3.63) is 36.9 Å². The highest BCUT2D eigenvalue weighted by molar-refractivity contribution is 7.89. The first-order valence-corrected chi connectivity index (χ1v) is 6.36. The maximum absolute atomic E-state index is 12.1. The lowest BCUT2D eigenvalue weighted by Gasteiger charge is -2.18. The SMILES string of the molecule is C=CCN(CC)S(=O)(=O)c1cccc(O)c1. The summed E-state index contributed by atoms with van der Waals surface area (Å²) in [6, 6.07) is 5.63. The smallest absolute Gasteiger partial charge is 0.243 e. The molecule has 0 aliphatic rings. The first-order chi connectivity index (χ1) is 7.52. The molecular formula is C11H15NO3S. The van der Waals surface area contributed by atoms with Gasteiger partial charge in [0.1, 0.15) is 5.75 Å². The van der Waals surface area contributed by atoms with Gasteiger partial charge in [0.05, 0.1) is 4.90 Å². The molecule has 0 bridgehead atoms. The zero-order valence-corrected chi connectivity index (χ0v) is 9.94. The summed E-state index contributed by atoms with van der Waals surface area (Å²) in [5.74, 6) is -0.0595. The summed E-state index contributed by atoms with van der Waals surface area (Å²) in [5.41, 5.74) is 0. The number of likely N-dealkylation sites (N-methyl/N-ethyl adjacent to an activating group) is 1. The van der Waals surface area contributed by atoms with Crippen molar-refractivity contribution in [2.45, 2.75) is 11.8 Å². The molecule has 0 saturated heterocycles. The number of nitrogens with zero attached hydrogens (tertiary/aromatic N) is 1. The highest BCUT2D eigenvalue weighted by Gasteiger charge is 2.21. The number of sulfonamides is 1. The number of hydrogen-bond acceptors (Lipinski definition) is 3. The van der Waals surface area contributed by atoms with Gasteiger partial charge in [-0.1, -0.05) is 19.1 Å². The van der Waals surface area contributed by atoms with Gasteiger partial charge in [-0.3, -0.25) is 0 Å². The second-order valence-electron chi connectivity index (χ2n) is 3.24. The molecule has 0 saturated carbocycles. The summed E-state index contributed by atoms with van der Waals surface area (Å²) in [4.78, 5) is 0.0937. The normalized spacial score (nSPS) is 11.6. The Balaban J connectivity index is 3.14. The fourth-order valence-electron chi connectivity index (χ4n) is 1.33. The lowest BCUT2D eigenvalue weighted by Crippen LogP contribution is -2.30. The lowest BCUT2D eigenvalue weighted by atomic mass is 10.3. The maximum Gasteiger partial charge on any atom is 0.243 e. The van der Waals surface area contributed by atoms with E-state index >= 15 is 0 Å². The molecule has 0 radical (unpaired) electrons. The van der Waals surface area contributed by atoms with E-state index in [1.54, 1.807) is 6.92 Å². The Morgan fingerprint density at radius 3 is 2.69 bits per heavy atom. The number of aromatic hydroxyl groups is 1. The Labute approximate surface area is 95.9 Å². The zero-order valence-electron chi connectivity index (χ0n) is 9.13. The van der Waals surface area contributed by atoms with Crippen molar-refractivity contribution >= 4 is 10.0 Å². The van der Waals surface area contributed by atoms with Crippen molar-refractivity contribution in [1.29, 1.82) is 0 Å². The monoisotopic (exact) mass is 241 g/mol. The van der Waals surface area contributed by atoms with Gasteiger partial charge in [-0.2, -0.15) is 4.31 Å². The van der Waals surface area contributed by atoms with Gasteiger partial charge >= 0.3 is 0 Å². The van der Waals surface area contributed by atoms with Crippen LogP contribution in [0.5, 0.6) is 5.75 Å². The molecule has 0 heterocycles. The number of rotatable bonds is 5. The Kier molecular flexibility index (Phi) is 4.09. The van der Waals surface area contributed by atoms with E-state index in [0.29, 0.717) is 6.54 Å². The molecule has 0 aliphatic carbocycles. The molecule has 0 spiro atoms. The average Bonchev–Trinajstić information content (AvgIpc) is 2.25. The van der Waals surface area contributed by atoms with E-state index in [9.17, 15) is 13.5 Å². The van der Waals surface area contributed by atoms with Crippen LogP contribution in [0.25, 0.3) is 0 Å². The molecule has 0 amide bonds. The van der Waals surface area contributed by atoms with Crippen molar-refractivity contribution in [3.8, 4) is 5.75 Å². The van der Waals surface area contributed by atoms with Crippen LogP contribution in [-0.2, 0) is 10.0 Å². The molecule has 1 aromatic carbocycles. The van der Waals surface area contributed by atoms with Crippen LogP contribution in [0.4, 0.5) is 0 Å². The molecule has 4 nitrogen and oxygen atoms in total. The quantitative estimate of drug-likeness (QED) is 0.796. The molecule has 0 atom stereocenters. The predicted octanol–water partition coefficient (Wildman–Crippen LogP) is 1.59. The molecule has 88 valence electrons. The zero-order chi connectivity index (χ0) is 12.2. The van der Waals surface area contributed by atoms with Gasteiger partial charge in [-0.25, -0.2) is 8.42 Å². The van der Waals surface area contributed by atoms with E-state index in [2.05, 4.69) is 6.58 Å². The van der Waals surface area contributed by atoms with Crippen LogP contribution in [0.2, 0.25) is 0 Å². The van der Waals surface area contributed by atoms with Gasteiger partial charge in [0.25, 0.3) is 0 Å². The van der Waals surface area contributed by atoms with Crippen LogP contribution >= 0.6 is 0 Å². The van der Waals surface area contributed by atoms with E-state index in [-0.39, 0.29) is 17.2 Å². The van der Waals surface area contributed by atoms with E-state index in [4.69, 9.17) is 0 Å². The van der Waals surface area contributed by atoms with Gasteiger partial charge in [-0.05, 0) is 18.2 Å². The third-order valence-corrected chi connectivity index (χ3v) is 4.08. The van der Waals surface area contributed by atoms with Crippen LogP contribution in [0.1, 0.15) is 6.92 Å². The minimum atomic E-state index is -3.53. The van der Waals surface area contributed by atoms with Crippen LogP contribution in [0, 0.1) is 0 Å². The van der Waals surface area contributed by atoms with E-state index in [1.807, 2.05) is 0 Å². The minimum absolute atomic E-state index is 0.0595. The molecule has 0 fully saturated rings. The first-order valence-electron chi connectivity index (χ1n) is 4.92. The summed E-state index contributed by atoms with van der Waals surface area (Å²) in [5, 5.41) is 9.26. The molecular weight excluding hydrogens is 226 g/mol. The number of benzene rings is 1. The molecule has 0 aliphatic heterocycles. The summed E-state index contributed by atoms with van der Waals surface area (Å²) < 4.78 is 25.4. The molecule has 0 aromatic heterocycles. The standard InChI is InChI=1S/C11H15NO3S/c1-3-8-12(4-2)16(14,15)11-7-5-6-10(13)9-11/h3,5-7,9,13H,1,4,8H2,2H3. The molecule has 1 N–H and O–H groups in total.